The fourth-order valence-corrected chi connectivity index (χ4v) is 8.21. The van der Waals surface area contributed by atoms with Crippen LogP contribution in [0.25, 0.3) is 0 Å². The van der Waals surface area contributed by atoms with E-state index in [-0.39, 0.29) is 61.6 Å². The standard InChI is InChI=1S/C38H42N2O14S/c1-37(2,3)53-35(47)39-11-13-51-25(17-39)33(45)27-29(41)21-9-7-19(15-23(21)31(27)43)55(49,50)20-8-10-22-24(16-20)32(44)28(30(22)42)34(46)26-18-40(12-14-52-26)36(48)54-38(4,5)6/h7-10,15-16,25-28,33,45H,11-14,17-18H2,1-6H3. The average Bonchev–Trinajstić information content (AvgIpc) is 3.52. The zero-order valence-electron chi connectivity index (χ0n) is 31.2. The highest BCUT2D eigenvalue weighted by Crippen LogP contribution is 2.36. The number of rotatable bonds is 6. The number of morpholine rings is 2. The highest BCUT2D eigenvalue weighted by molar-refractivity contribution is 7.91. The van der Waals surface area contributed by atoms with Gasteiger partial charge in [-0.15, -0.1) is 0 Å². The summed E-state index contributed by atoms with van der Waals surface area (Å²) in [5, 5.41) is 11.2. The third kappa shape index (κ3) is 7.70. The molecule has 4 aliphatic rings. The van der Waals surface area contributed by atoms with Crippen LogP contribution in [-0.2, 0) is 33.6 Å². The number of Topliss-reactive ketones (excluding diaryl/α,β-unsaturated/α-hetero) is 5. The summed E-state index contributed by atoms with van der Waals surface area (Å²) in [5.74, 6) is -7.67. The van der Waals surface area contributed by atoms with Gasteiger partial charge in [-0.2, -0.15) is 0 Å². The molecular weight excluding hydrogens is 740 g/mol. The topological polar surface area (TPSA) is 217 Å². The largest absolute Gasteiger partial charge is 0.444 e. The fraction of sp³-hybridized carbons (Fsp3) is 0.500. The molecule has 2 aliphatic heterocycles. The summed E-state index contributed by atoms with van der Waals surface area (Å²) in [7, 11) is -4.48. The number of ketones is 5. The Kier molecular flexibility index (Phi) is 10.4. The number of fused-ring (bicyclic) bond motifs is 2. The van der Waals surface area contributed by atoms with Gasteiger partial charge in [0.2, 0.25) is 9.84 Å². The molecule has 2 heterocycles. The molecule has 1 N–H and O–H groups in total. The number of carbonyl (C=O) groups is 7. The third-order valence-corrected chi connectivity index (χ3v) is 11.3. The Labute approximate surface area is 316 Å². The Morgan fingerprint density at radius 1 is 0.709 bits per heavy atom. The van der Waals surface area contributed by atoms with Crippen molar-refractivity contribution in [3.8, 4) is 0 Å². The van der Waals surface area contributed by atoms with Crippen molar-refractivity contribution in [3.63, 3.8) is 0 Å². The molecule has 5 unspecified atom stereocenters. The first kappa shape index (κ1) is 39.8. The summed E-state index contributed by atoms with van der Waals surface area (Å²) in [6, 6.07) is 6.48. The summed E-state index contributed by atoms with van der Waals surface area (Å²) < 4.78 is 49.7. The maximum atomic E-state index is 13.9. The van der Waals surface area contributed by atoms with E-state index in [4.69, 9.17) is 18.9 Å². The second-order valence-electron chi connectivity index (χ2n) is 15.8. The molecular formula is C38H42N2O14S. The van der Waals surface area contributed by atoms with E-state index in [1.54, 1.807) is 41.5 Å². The number of hydrogen-bond donors (Lipinski definition) is 1. The number of nitrogens with zero attached hydrogens (tertiary/aromatic N) is 2. The molecule has 2 aromatic rings. The number of carbonyl (C=O) groups excluding carboxylic acids is 7. The fourth-order valence-electron chi connectivity index (χ4n) is 6.90. The summed E-state index contributed by atoms with van der Waals surface area (Å²) in [4.78, 5) is 94.4. The number of ether oxygens (including phenoxy) is 4. The number of amides is 2. The molecule has 0 saturated carbocycles. The Balaban J connectivity index is 1.18. The minimum absolute atomic E-state index is 0.0102. The van der Waals surface area contributed by atoms with Crippen molar-refractivity contribution in [2.24, 2.45) is 11.8 Å². The predicted molar refractivity (Wildman–Crippen MR) is 189 cm³/mol. The lowest BCUT2D eigenvalue weighted by atomic mass is 9.92. The molecule has 2 amide bonds. The van der Waals surface area contributed by atoms with Crippen molar-refractivity contribution >= 4 is 50.9 Å². The number of benzene rings is 2. The van der Waals surface area contributed by atoms with Crippen LogP contribution in [0.2, 0.25) is 0 Å². The first-order valence-electron chi connectivity index (χ1n) is 17.7. The quantitative estimate of drug-likeness (QED) is 0.417. The highest BCUT2D eigenvalue weighted by atomic mass is 32.2. The van der Waals surface area contributed by atoms with Crippen LogP contribution < -0.4 is 0 Å². The van der Waals surface area contributed by atoms with Gasteiger partial charge in [-0.3, -0.25) is 24.0 Å². The van der Waals surface area contributed by atoms with E-state index >= 15 is 0 Å². The second-order valence-corrected chi connectivity index (χ2v) is 17.7. The molecule has 6 rings (SSSR count). The minimum atomic E-state index is -4.48. The number of hydrogen-bond acceptors (Lipinski definition) is 14. The Morgan fingerprint density at radius 3 is 1.71 bits per heavy atom. The maximum absolute atomic E-state index is 13.9. The molecule has 0 aromatic heterocycles. The SMILES string of the molecule is CC(C)(C)OC(=O)N1CCOC(C(=O)C2C(=O)c3ccc(S(=O)(=O)c4ccc5c(c4)C(=O)C(C(O)C4CN(C(=O)OC(C)(C)C)CCO4)C5=O)cc3C2=O)C1. The highest BCUT2D eigenvalue weighted by Gasteiger charge is 2.49. The molecule has 0 spiro atoms. The molecule has 0 bridgehead atoms. The Morgan fingerprint density at radius 2 is 1.16 bits per heavy atom. The zero-order chi connectivity index (χ0) is 40.4. The van der Waals surface area contributed by atoms with Crippen molar-refractivity contribution in [2.75, 3.05) is 39.4 Å². The van der Waals surface area contributed by atoms with Gasteiger partial charge in [-0.05, 0) is 77.9 Å². The molecule has 2 saturated heterocycles. The van der Waals surface area contributed by atoms with E-state index in [1.807, 2.05) is 0 Å². The van der Waals surface area contributed by atoms with Gasteiger partial charge in [0.1, 0.15) is 35.2 Å². The smallest absolute Gasteiger partial charge is 0.410 e. The van der Waals surface area contributed by atoms with Crippen molar-refractivity contribution in [1.29, 1.82) is 0 Å². The summed E-state index contributed by atoms with van der Waals surface area (Å²) >= 11 is 0. The molecule has 2 aliphatic carbocycles. The number of aliphatic hydroxyl groups excluding tert-OH is 1. The van der Waals surface area contributed by atoms with E-state index in [9.17, 15) is 47.1 Å². The lowest BCUT2D eigenvalue weighted by molar-refractivity contribution is -0.137. The zero-order valence-corrected chi connectivity index (χ0v) is 32.0. The summed E-state index contributed by atoms with van der Waals surface area (Å²) in [6.07, 6.45) is -5.44. The Bertz CT molecular complexity index is 2110. The first-order chi connectivity index (χ1) is 25.6. The van der Waals surface area contributed by atoms with Crippen LogP contribution in [0.4, 0.5) is 9.59 Å². The van der Waals surface area contributed by atoms with E-state index < -0.39 is 102 Å². The molecule has 294 valence electrons. The van der Waals surface area contributed by atoms with Gasteiger partial charge in [0, 0.05) is 35.3 Å². The Hall–Kier alpha value is -4.84. The van der Waals surface area contributed by atoms with E-state index in [0.29, 0.717) is 0 Å². The molecule has 0 radical (unpaired) electrons. The van der Waals surface area contributed by atoms with Gasteiger partial charge in [-0.25, -0.2) is 18.0 Å². The van der Waals surface area contributed by atoms with Gasteiger partial charge in [0.15, 0.2) is 28.9 Å². The third-order valence-electron chi connectivity index (χ3n) is 9.54. The molecule has 55 heavy (non-hydrogen) atoms. The van der Waals surface area contributed by atoms with Crippen molar-refractivity contribution in [1.82, 2.24) is 9.80 Å². The van der Waals surface area contributed by atoms with Gasteiger partial charge < -0.3 is 33.9 Å². The molecule has 16 nitrogen and oxygen atoms in total. The van der Waals surface area contributed by atoms with Crippen LogP contribution in [0, 0.1) is 11.8 Å². The molecule has 2 fully saturated rings. The molecule has 5 atom stereocenters. The van der Waals surface area contributed by atoms with E-state index in [1.165, 1.54) is 9.80 Å². The first-order valence-corrected chi connectivity index (χ1v) is 19.2. The van der Waals surface area contributed by atoms with Crippen LogP contribution in [-0.4, -0.2) is 133 Å². The summed E-state index contributed by atoms with van der Waals surface area (Å²) in [6.45, 7) is 9.96. The lowest BCUT2D eigenvalue weighted by Gasteiger charge is -2.36. The average molecular weight is 783 g/mol. The predicted octanol–water partition coefficient (Wildman–Crippen LogP) is 2.71. The molecule has 2 aromatic carbocycles. The van der Waals surface area contributed by atoms with Crippen molar-refractivity contribution in [3.05, 3.63) is 58.7 Å². The van der Waals surface area contributed by atoms with E-state index in [2.05, 4.69) is 0 Å². The van der Waals surface area contributed by atoms with Gasteiger partial charge in [0.05, 0.1) is 42.2 Å². The number of sulfone groups is 1. The van der Waals surface area contributed by atoms with Crippen molar-refractivity contribution < 1.29 is 66.0 Å². The second kappa shape index (κ2) is 14.3. The monoisotopic (exact) mass is 782 g/mol. The van der Waals surface area contributed by atoms with Gasteiger partial charge in [0.25, 0.3) is 0 Å². The van der Waals surface area contributed by atoms with Crippen LogP contribution in [0.1, 0.15) is 83.0 Å². The van der Waals surface area contributed by atoms with Gasteiger partial charge in [-0.1, -0.05) is 0 Å². The normalized spacial score (nSPS) is 23.7. The van der Waals surface area contributed by atoms with E-state index in [0.717, 1.165) is 36.4 Å². The number of aliphatic hydroxyl groups is 1. The van der Waals surface area contributed by atoms with Crippen LogP contribution in [0.5, 0.6) is 0 Å². The van der Waals surface area contributed by atoms with Crippen LogP contribution >= 0.6 is 0 Å². The maximum Gasteiger partial charge on any atom is 0.410 e. The van der Waals surface area contributed by atoms with Gasteiger partial charge >= 0.3 is 12.2 Å². The van der Waals surface area contributed by atoms with Crippen molar-refractivity contribution in [2.45, 2.75) is 80.8 Å². The summed E-state index contributed by atoms with van der Waals surface area (Å²) in [5.41, 5.74) is -2.41. The van der Waals surface area contributed by atoms with Crippen LogP contribution in [0.15, 0.2) is 46.2 Å². The minimum Gasteiger partial charge on any atom is -0.444 e. The van der Waals surface area contributed by atoms with Crippen LogP contribution in [0.3, 0.4) is 0 Å². The molecule has 17 heteroatoms. The lowest BCUT2D eigenvalue weighted by Crippen LogP contribution is -2.53.